The molecule has 3 rings (SSSR count). The van der Waals surface area contributed by atoms with Crippen LogP contribution in [0.2, 0.25) is 5.02 Å². The highest BCUT2D eigenvalue weighted by molar-refractivity contribution is 7.91. The summed E-state index contributed by atoms with van der Waals surface area (Å²) in [7, 11) is -3.97. The molecular formula is C21H23ClN4O4S. The molecule has 0 aliphatic carbocycles. The van der Waals surface area contributed by atoms with Gasteiger partial charge in [-0.3, -0.25) is 4.98 Å². The Morgan fingerprint density at radius 3 is 2.52 bits per heavy atom. The molecule has 2 heterocycles. The number of nitrogens with zero attached hydrogens (tertiary/aromatic N) is 3. The number of nitrogens with one attached hydrogen (secondary N) is 1. The molecule has 31 heavy (non-hydrogen) atoms. The smallest absolute Gasteiger partial charge is 0.404 e. The first-order valence-electron chi connectivity index (χ1n) is 9.48. The highest BCUT2D eigenvalue weighted by atomic mass is 35.5. The zero-order valence-corrected chi connectivity index (χ0v) is 18.9. The van der Waals surface area contributed by atoms with Gasteiger partial charge in [0.05, 0.1) is 21.3 Å². The predicted octanol–water partition coefficient (Wildman–Crippen LogP) is 3.98. The van der Waals surface area contributed by atoms with E-state index in [0.29, 0.717) is 16.4 Å². The number of halogens is 1. The molecule has 0 saturated heterocycles. The van der Waals surface area contributed by atoms with E-state index >= 15 is 0 Å². The first-order chi connectivity index (χ1) is 14.5. The van der Waals surface area contributed by atoms with Gasteiger partial charge in [-0.05, 0) is 35.7 Å². The van der Waals surface area contributed by atoms with Crippen LogP contribution in [0.15, 0.2) is 64.8 Å². The van der Waals surface area contributed by atoms with Crippen LogP contribution in [-0.2, 0) is 16.3 Å². The van der Waals surface area contributed by atoms with Crippen molar-refractivity contribution in [1.29, 1.82) is 0 Å². The number of sulfone groups is 1. The zero-order chi connectivity index (χ0) is 22.8. The summed E-state index contributed by atoms with van der Waals surface area (Å²) in [6.07, 6.45) is 1.79. The Labute approximate surface area is 185 Å². The van der Waals surface area contributed by atoms with Crippen molar-refractivity contribution in [2.45, 2.75) is 43.2 Å². The molecule has 3 aromatic rings. The summed E-state index contributed by atoms with van der Waals surface area (Å²) in [4.78, 5) is 15.2. The molecule has 0 spiro atoms. The maximum absolute atomic E-state index is 13.4. The second-order valence-corrected chi connectivity index (χ2v) is 10.4. The number of pyridine rings is 1. The highest BCUT2D eigenvalue weighted by Gasteiger charge is 2.30. The van der Waals surface area contributed by atoms with Gasteiger partial charge in [0.25, 0.3) is 0 Å². The lowest BCUT2D eigenvalue weighted by atomic mass is 9.84. The van der Waals surface area contributed by atoms with Crippen LogP contribution in [0.5, 0.6) is 0 Å². The molecule has 2 N–H and O–H groups in total. The predicted molar refractivity (Wildman–Crippen MR) is 116 cm³/mol. The number of benzene rings is 1. The Morgan fingerprint density at radius 2 is 1.94 bits per heavy atom. The molecule has 1 aromatic carbocycles. The van der Waals surface area contributed by atoms with Crippen LogP contribution in [0.25, 0.3) is 5.69 Å². The molecule has 0 bridgehead atoms. The summed E-state index contributed by atoms with van der Waals surface area (Å²) in [5.41, 5.74) is 0.391. The Morgan fingerprint density at radius 1 is 1.23 bits per heavy atom. The van der Waals surface area contributed by atoms with E-state index in [4.69, 9.17) is 11.6 Å². The van der Waals surface area contributed by atoms with Gasteiger partial charge in [0.15, 0.2) is 5.03 Å². The van der Waals surface area contributed by atoms with Crippen molar-refractivity contribution in [3.05, 3.63) is 65.6 Å². The number of rotatable bonds is 6. The van der Waals surface area contributed by atoms with Gasteiger partial charge in [-0.25, -0.2) is 17.9 Å². The maximum Gasteiger partial charge on any atom is 0.404 e. The summed E-state index contributed by atoms with van der Waals surface area (Å²) in [5, 5.41) is 16.5. The number of amides is 1. The van der Waals surface area contributed by atoms with Gasteiger partial charge in [-0.2, -0.15) is 5.10 Å². The molecule has 0 radical (unpaired) electrons. The zero-order valence-electron chi connectivity index (χ0n) is 17.3. The summed E-state index contributed by atoms with van der Waals surface area (Å²) < 4.78 is 28.0. The molecule has 0 aliphatic heterocycles. The monoisotopic (exact) mass is 462 g/mol. The largest absolute Gasteiger partial charge is 0.465 e. The van der Waals surface area contributed by atoms with Crippen molar-refractivity contribution in [2.24, 2.45) is 5.41 Å². The summed E-state index contributed by atoms with van der Waals surface area (Å²) in [5.74, 6) is 0. The van der Waals surface area contributed by atoms with Crippen LogP contribution in [0, 0.1) is 5.41 Å². The number of hydrogen-bond donors (Lipinski definition) is 2. The van der Waals surface area contributed by atoms with Crippen molar-refractivity contribution in [3.8, 4) is 5.69 Å². The third kappa shape index (κ3) is 5.05. The lowest BCUT2D eigenvalue weighted by molar-refractivity contribution is 0.174. The third-order valence-electron chi connectivity index (χ3n) is 4.78. The molecule has 1 amide bonds. The van der Waals surface area contributed by atoms with E-state index in [2.05, 4.69) is 15.4 Å². The molecule has 0 fully saturated rings. The van der Waals surface area contributed by atoms with E-state index < -0.39 is 27.4 Å². The second-order valence-electron chi connectivity index (χ2n) is 8.10. The summed E-state index contributed by atoms with van der Waals surface area (Å²) in [6.45, 7) is 5.68. The molecule has 2 aromatic heterocycles. The van der Waals surface area contributed by atoms with Gasteiger partial charge in [-0.1, -0.05) is 44.5 Å². The first-order valence-corrected chi connectivity index (χ1v) is 11.3. The van der Waals surface area contributed by atoms with Gasteiger partial charge in [-0.15, -0.1) is 0 Å². The lowest BCUT2D eigenvalue weighted by Crippen LogP contribution is -2.44. The van der Waals surface area contributed by atoms with Gasteiger partial charge >= 0.3 is 6.09 Å². The van der Waals surface area contributed by atoms with Crippen molar-refractivity contribution >= 4 is 27.5 Å². The van der Waals surface area contributed by atoms with E-state index in [0.717, 1.165) is 0 Å². The Balaban J connectivity index is 2.15. The van der Waals surface area contributed by atoms with Gasteiger partial charge < -0.3 is 10.4 Å². The number of para-hydroxylation sites is 1. The number of carboxylic acid groups (broad SMARTS) is 1. The molecule has 0 aliphatic rings. The van der Waals surface area contributed by atoms with Crippen molar-refractivity contribution in [1.82, 2.24) is 20.1 Å². The van der Waals surface area contributed by atoms with Crippen LogP contribution < -0.4 is 5.32 Å². The fourth-order valence-corrected chi connectivity index (χ4v) is 4.63. The fraction of sp³-hybridized carbons (Fsp3) is 0.286. The maximum atomic E-state index is 13.4. The Hall–Kier alpha value is -2.91. The van der Waals surface area contributed by atoms with E-state index in [1.54, 1.807) is 24.3 Å². The molecule has 0 saturated carbocycles. The minimum atomic E-state index is -3.97. The topological polar surface area (TPSA) is 114 Å². The number of aromatic nitrogens is 3. The minimum absolute atomic E-state index is 0.0192. The SMILES string of the molecule is CC(C)(C)C(Cc1cc(S(=O)(=O)c2cccnc2)n(-c2ccccc2Cl)n1)NC(=O)O. The van der Waals surface area contributed by atoms with Crippen LogP contribution in [-0.4, -0.2) is 40.4 Å². The molecule has 8 nitrogen and oxygen atoms in total. The quantitative estimate of drug-likeness (QED) is 0.572. The highest BCUT2D eigenvalue weighted by Crippen LogP contribution is 2.29. The number of hydrogen-bond acceptors (Lipinski definition) is 5. The van der Waals surface area contributed by atoms with E-state index in [-0.39, 0.29) is 16.3 Å². The average molecular weight is 463 g/mol. The molecular weight excluding hydrogens is 440 g/mol. The number of carbonyl (C=O) groups is 1. The van der Waals surface area contributed by atoms with E-state index in [9.17, 15) is 18.3 Å². The molecule has 1 unspecified atom stereocenters. The third-order valence-corrected chi connectivity index (χ3v) is 6.81. The Kier molecular flexibility index (Phi) is 6.38. The van der Waals surface area contributed by atoms with E-state index in [1.165, 1.54) is 35.3 Å². The standard InChI is InChI=1S/C21H23ClN4O4S/c1-21(2,3)18(24-20(27)28)11-14-12-19(31(29,30)15-7-6-10-23-13-15)26(25-14)17-9-5-4-8-16(17)22/h4-10,12-13,18,24H,11H2,1-3H3,(H,27,28). The van der Waals surface area contributed by atoms with Crippen molar-refractivity contribution in [2.75, 3.05) is 0 Å². The van der Waals surface area contributed by atoms with Gasteiger partial charge in [0.1, 0.15) is 0 Å². The van der Waals surface area contributed by atoms with Gasteiger partial charge in [0.2, 0.25) is 9.84 Å². The fourth-order valence-electron chi connectivity index (χ4n) is 3.06. The Bertz CT molecular complexity index is 1190. The molecule has 164 valence electrons. The molecule has 1 atom stereocenters. The van der Waals surface area contributed by atoms with Crippen LogP contribution >= 0.6 is 11.6 Å². The van der Waals surface area contributed by atoms with Crippen LogP contribution in [0.1, 0.15) is 26.5 Å². The summed E-state index contributed by atoms with van der Waals surface area (Å²) >= 11 is 6.33. The summed E-state index contributed by atoms with van der Waals surface area (Å²) in [6, 6.07) is 10.7. The first kappa shape index (κ1) is 22.8. The van der Waals surface area contributed by atoms with Crippen LogP contribution in [0.4, 0.5) is 4.79 Å². The average Bonchev–Trinajstić information content (AvgIpc) is 3.12. The van der Waals surface area contributed by atoms with Crippen molar-refractivity contribution < 1.29 is 18.3 Å². The van der Waals surface area contributed by atoms with Crippen molar-refractivity contribution in [3.63, 3.8) is 0 Å². The molecule has 10 heteroatoms. The minimum Gasteiger partial charge on any atom is -0.465 e. The normalized spacial score (nSPS) is 13.0. The second kappa shape index (κ2) is 8.68. The van der Waals surface area contributed by atoms with Crippen LogP contribution in [0.3, 0.4) is 0 Å². The van der Waals surface area contributed by atoms with E-state index in [1.807, 2.05) is 20.8 Å². The van der Waals surface area contributed by atoms with Gasteiger partial charge in [0, 0.05) is 24.9 Å². The lowest BCUT2D eigenvalue weighted by Gasteiger charge is -2.29.